The Balaban J connectivity index is 1.61. The Morgan fingerprint density at radius 1 is 1.32 bits per heavy atom. The van der Waals surface area contributed by atoms with Crippen LogP contribution < -0.4 is 15.8 Å². The number of ether oxygens (including phenoxy) is 1. The monoisotopic (exact) mass is 485 g/mol. The minimum atomic E-state index is -3.69. The Hall–Kier alpha value is -3.52. The number of nitrogens with two attached hydrogens (primary N) is 1. The number of nitrogens with zero attached hydrogens (tertiary/aromatic N) is 3. The lowest BCUT2D eigenvalue weighted by molar-refractivity contribution is 0.102. The van der Waals surface area contributed by atoms with Crippen LogP contribution in [0.15, 0.2) is 35.6 Å². The van der Waals surface area contributed by atoms with Crippen LogP contribution in [-0.4, -0.2) is 46.7 Å². The van der Waals surface area contributed by atoms with Crippen LogP contribution in [0.5, 0.6) is 5.88 Å². The predicted octanol–water partition coefficient (Wildman–Crippen LogP) is 2.19. The highest BCUT2D eigenvalue weighted by Crippen LogP contribution is 2.51. The zero-order chi connectivity index (χ0) is 24.7. The van der Waals surface area contributed by atoms with Gasteiger partial charge in [-0.3, -0.25) is 9.79 Å². The molecule has 3 atom stereocenters. The molecule has 1 aromatic heterocycles. The van der Waals surface area contributed by atoms with Gasteiger partial charge in [-0.05, 0) is 51.8 Å². The van der Waals surface area contributed by atoms with Gasteiger partial charge in [-0.2, -0.15) is 0 Å². The molecule has 178 valence electrons. The van der Waals surface area contributed by atoms with Gasteiger partial charge in [0.25, 0.3) is 5.91 Å². The number of amides is 1. The van der Waals surface area contributed by atoms with Gasteiger partial charge < -0.3 is 15.8 Å². The SMILES string of the molecule is CC#CCOc1cnc(C(=O)Nc2ccc(F)c([C@@]3(C)N=C(N)[C@@]4(C)CCC3S4(=O)=O)c2)cn1. The van der Waals surface area contributed by atoms with Gasteiger partial charge >= 0.3 is 0 Å². The van der Waals surface area contributed by atoms with Crippen molar-refractivity contribution in [3.63, 3.8) is 0 Å². The average molecular weight is 486 g/mol. The Kier molecular flexibility index (Phi) is 5.81. The molecule has 4 rings (SSSR count). The van der Waals surface area contributed by atoms with Gasteiger partial charge in [0, 0.05) is 11.3 Å². The molecule has 1 fully saturated rings. The summed E-state index contributed by atoms with van der Waals surface area (Å²) >= 11 is 0. The summed E-state index contributed by atoms with van der Waals surface area (Å²) < 4.78 is 45.4. The van der Waals surface area contributed by atoms with Crippen molar-refractivity contribution in [1.29, 1.82) is 0 Å². The van der Waals surface area contributed by atoms with Crippen molar-refractivity contribution < 1.29 is 22.3 Å². The van der Waals surface area contributed by atoms with E-state index in [9.17, 15) is 17.6 Å². The number of carbonyl (C=O) groups is 1. The molecule has 3 heterocycles. The molecule has 2 aliphatic rings. The molecule has 9 nitrogen and oxygen atoms in total. The zero-order valence-corrected chi connectivity index (χ0v) is 19.7. The summed E-state index contributed by atoms with van der Waals surface area (Å²) in [6.07, 6.45) is 3.18. The quantitative estimate of drug-likeness (QED) is 0.620. The topological polar surface area (TPSA) is 137 Å². The van der Waals surface area contributed by atoms with E-state index in [2.05, 4.69) is 32.1 Å². The zero-order valence-electron chi connectivity index (χ0n) is 18.9. The van der Waals surface area contributed by atoms with Crippen molar-refractivity contribution in [3.8, 4) is 17.7 Å². The van der Waals surface area contributed by atoms with E-state index in [0.29, 0.717) is 12.8 Å². The van der Waals surface area contributed by atoms with Crippen LogP contribution in [0.4, 0.5) is 10.1 Å². The van der Waals surface area contributed by atoms with Crippen LogP contribution in [0.25, 0.3) is 0 Å². The molecule has 2 bridgehead atoms. The molecule has 34 heavy (non-hydrogen) atoms. The molecule has 0 aliphatic carbocycles. The maximum atomic E-state index is 15.0. The van der Waals surface area contributed by atoms with Crippen LogP contribution in [0.1, 0.15) is 49.7 Å². The number of halogens is 1. The molecule has 1 saturated heterocycles. The molecule has 2 aromatic rings. The smallest absolute Gasteiger partial charge is 0.275 e. The molecule has 1 unspecified atom stereocenters. The van der Waals surface area contributed by atoms with E-state index in [4.69, 9.17) is 10.5 Å². The van der Waals surface area contributed by atoms with E-state index in [-0.39, 0.29) is 35.3 Å². The number of nitrogens with one attached hydrogen (secondary N) is 1. The van der Waals surface area contributed by atoms with Crippen LogP contribution in [0, 0.1) is 17.7 Å². The van der Waals surface area contributed by atoms with Crippen molar-refractivity contribution in [2.75, 3.05) is 11.9 Å². The summed E-state index contributed by atoms with van der Waals surface area (Å²) in [6, 6.07) is 3.92. The number of aromatic nitrogens is 2. The highest BCUT2D eigenvalue weighted by molar-refractivity contribution is 7.94. The maximum absolute atomic E-state index is 15.0. The molecular weight excluding hydrogens is 461 g/mol. The lowest BCUT2D eigenvalue weighted by Gasteiger charge is -2.39. The molecule has 0 saturated carbocycles. The lowest BCUT2D eigenvalue weighted by Crippen LogP contribution is -2.55. The Morgan fingerprint density at radius 2 is 2.09 bits per heavy atom. The minimum Gasteiger partial charge on any atom is -0.463 e. The van der Waals surface area contributed by atoms with E-state index < -0.39 is 37.1 Å². The van der Waals surface area contributed by atoms with Gasteiger partial charge in [-0.15, -0.1) is 5.92 Å². The summed E-state index contributed by atoms with van der Waals surface area (Å²) in [5.74, 6) is 4.37. The maximum Gasteiger partial charge on any atom is 0.275 e. The van der Waals surface area contributed by atoms with Gasteiger partial charge in [-0.25, -0.2) is 22.8 Å². The van der Waals surface area contributed by atoms with Crippen molar-refractivity contribution in [2.45, 2.75) is 49.1 Å². The number of fused-ring (bicyclic) bond motifs is 2. The normalized spacial score (nSPS) is 26.7. The second-order valence-corrected chi connectivity index (χ2v) is 11.1. The van der Waals surface area contributed by atoms with Crippen LogP contribution in [0.3, 0.4) is 0 Å². The average Bonchev–Trinajstić information content (AvgIpc) is 2.98. The van der Waals surface area contributed by atoms with Crippen molar-refractivity contribution >= 4 is 27.3 Å². The van der Waals surface area contributed by atoms with Gasteiger partial charge in [0.2, 0.25) is 5.88 Å². The Labute approximate surface area is 197 Å². The Morgan fingerprint density at radius 3 is 2.76 bits per heavy atom. The molecule has 11 heteroatoms. The van der Waals surface area contributed by atoms with E-state index in [0.717, 1.165) is 6.07 Å². The van der Waals surface area contributed by atoms with Gasteiger partial charge in [0.15, 0.2) is 16.4 Å². The predicted molar refractivity (Wildman–Crippen MR) is 125 cm³/mol. The number of sulfone groups is 1. The molecule has 0 spiro atoms. The fraction of sp³-hybridized carbons (Fsp3) is 0.391. The number of rotatable bonds is 5. The van der Waals surface area contributed by atoms with Crippen LogP contribution >= 0.6 is 0 Å². The van der Waals surface area contributed by atoms with E-state index in [1.165, 1.54) is 24.5 Å². The molecule has 1 amide bonds. The second-order valence-electron chi connectivity index (χ2n) is 8.55. The van der Waals surface area contributed by atoms with E-state index in [1.54, 1.807) is 20.8 Å². The third kappa shape index (κ3) is 3.68. The molecule has 1 aromatic carbocycles. The second kappa shape index (κ2) is 8.36. The molecule has 0 radical (unpaired) electrons. The van der Waals surface area contributed by atoms with Gasteiger partial charge in [0.1, 0.15) is 27.6 Å². The van der Waals surface area contributed by atoms with Crippen molar-refractivity contribution in [3.05, 3.63) is 47.7 Å². The van der Waals surface area contributed by atoms with Crippen LogP contribution in [0.2, 0.25) is 0 Å². The Bertz CT molecular complexity index is 1350. The number of benzene rings is 1. The third-order valence-corrected chi connectivity index (χ3v) is 9.62. The summed E-state index contributed by atoms with van der Waals surface area (Å²) in [6.45, 7) is 4.95. The van der Waals surface area contributed by atoms with E-state index in [1.807, 2.05) is 0 Å². The van der Waals surface area contributed by atoms with Crippen molar-refractivity contribution in [1.82, 2.24) is 9.97 Å². The number of hydrogen-bond donors (Lipinski definition) is 2. The standard InChI is InChI=1S/C23H24FN5O4S/c1-4-5-10-33-19-13-26-17(12-27-19)20(30)28-14-6-7-16(24)15(11-14)23(3)18-8-9-22(2,21(25)29-23)34(18,31)32/h6-7,11-13,18H,8-10H2,1-3H3,(H2,25,29)(H,28,30)/t18?,22-,23-/m1/s1. The van der Waals surface area contributed by atoms with Gasteiger partial charge in [-0.1, -0.05) is 5.92 Å². The highest BCUT2D eigenvalue weighted by Gasteiger charge is 2.63. The summed E-state index contributed by atoms with van der Waals surface area (Å²) in [7, 11) is -3.69. The first-order valence-electron chi connectivity index (χ1n) is 10.6. The first-order chi connectivity index (χ1) is 16.0. The first-order valence-corrected chi connectivity index (χ1v) is 12.1. The first kappa shape index (κ1) is 23.6. The fourth-order valence-corrected chi connectivity index (χ4v) is 7.00. The third-order valence-electron chi connectivity index (χ3n) is 6.51. The summed E-state index contributed by atoms with van der Waals surface area (Å²) in [5, 5.41) is 1.71. The van der Waals surface area contributed by atoms with Crippen LogP contribution in [-0.2, 0) is 15.4 Å². The largest absolute Gasteiger partial charge is 0.463 e. The van der Waals surface area contributed by atoms with E-state index >= 15 is 0 Å². The minimum absolute atomic E-state index is 0.0140. The fourth-order valence-electron chi connectivity index (χ4n) is 4.43. The molecule has 2 aliphatic heterocycles. The summed E-state index contributed by atoms with van der Waals surface area (Å²) in [4.78, 5) is 25.2. The number of amidine groups is 1. The number of carbonyl (C=O) groups excluding carboxylic acids is 1. The number of anilines is 1. The lowest BCUT2D eigenvalue weighted by atomic mass is 9.86. The number of hydrogen-bond acceptors (Lipinski definition) is 8. The highest BCUT2D eigenvalue weighted by atomic mass is 32.2. The molecular formula is C23H24FN5O4S. The molecule has 3 N–H and O–H groups in total. The van der Waals surface area contributed by atoms with Crippen molar-refractivity contribution in [2.24, 2.45) is 10.7 Å². The summed E-state index contributed by atoms with van der Waals surface area (Å²) in [5.41, 5.74) is 4.96. The van der Waals surface area contributed by atoms with Gasteiger partial charge in [0.05, 0.1) is 17.6 Å². The number of aliphatic imine (C=N–C) groups is 1.